The van der Waals surface area contributed by atoms with Gasteiger partial charge in [-0.2, -0.15) is 0 Å². The lowest BCUT2D eigenvalue weighted by Crippen LogP contribution is -2.31. The summed E-state index contributed by atoms with van der Waals surface area (Å²) < 4.78 is 0. The van der Waals surface area contributed by atoms with Crippen molar-refractivity contribution in [3.05, 3.63) is 29.8 Å². The van der Waals surface area contributed by atoms with Crippen molar-refractivity contribution in [2.45, 2.75) is 52.5 Å². The molecule has 0 saturated heterocycles. The van der Waals surface area contributed by atoms with Crippen LogP contribution in [0.4, 0.5) is 5.69 Å². The number of carbonyl (C=O) groups is 2. The van der Waals surface area contributed by atoms with Crippen LogP contribution in [0.3, 0.4) is 0 Å². The smallest absolute Gasteiger partial charge is 0.226 e. The van der Waals surface area contributed by atoms with Crippen molar-refractivity contribution >= 4 is 17.5 Å². The Hall–Kier alpha value is -1.84. The highest BCUT2D eigenvalue weighted by atomic mass is 16.2. The monoisotopic (exact) mass is 302 g/mol. The Morgan fingerprint density at radius 2 is 1.73 bits per heavy atom. The lowest BCUT2D eigenvalue weighted by molar-refractivity contribution is -0.126. The fourth-order valence-electron chi connectivity index (χ4n) is 2.69. The molecule has 0 unspecified atom stereocenters. The van der Waals surface area contributed by atoms with Gasteiger partial charge in [0, 0.05) is 24.1 Å². The summed E-state index contributed by atoms with van der Waals surface area (Å²) in [5.74, 6) is 0.350. The summed E-state index contributed by atoms with van der Waals surface area (Å²) in [4.78, 5) is 23.7. The molecule has 0 atom stereocenters. The molecule has 1 aromatic carbocycles. The van der Waals surface area contributed by atoms with Gasteiger partial charge in [0.05, 0.1) is 0 Å². The van der Waals surface area contributed by atoms with Crippen LogP contribution in [-0.2, 0) is 16.1 Å². The molecule has 1 aliphatic rings. The Bertz CT molecular complexity index is 502. The van der Waals surface area contributed by atoms with E-state index >= 15 is 0 Å². The Morgan fingerprint density at radius 3 is 2.32 bits per heavy atom. The van der Waals surface area contributed by atoms with Gasteiger partial charge in [0.1, 0.15) is 0 Å². The molecule has 2 rings (SSSR count). The number of carbonyl (C=O) groups excluding carboxylic acids is 2. The van der Waals surface area contributed by atoms with E-state index in [1.807, 2.05) is 38.1 Å². The van der Waals surface area contributed by atoms with Crippen molar-refractivity contribution < 1.29 is 9.59 Å². The van der Waals surface area contributed by atoms with Gasteiger partial charge in [0.2, 0.25) is 11.8 Å². The maximum atomic E-state index is 12.1. The zero-order valence-corrected chi connectivity index (χ0v) is 13.5. The predicted octanol–water partition coefficient (Wildman–Crippen LogP) is 3.48. The highest BCUT2D eigenvalue weighted by Gasteiger charge is 2.20. The van der Waals surface area contributed by atoms with E-state index in [1.54, 1.807) is 0 Å². The third-order valence-corrected chi connectivity index (χ3v) is 4.19. The molecule has 4 nitrogen and oxygen atoms in total. The Kier molecular flexibility index (Phi) is 5.99. The molecule has 1 saturated carbocycles. The van der Waals surface area contributed by atoms with Crippen LogP contribution in [0.25, 0.3) is 0 Å². The first-order valence-electron chi connectivity index (χ1n) is 8.24. The lowest BCUT2D eigenvalue weighted by Gasteiger charge is -2.20. The Morgan fingerprint density at radius 1 is 1.09 bits per heavy atom. The topological polar surface area (TPSA) is 58.2 Å². The van der Waals surface area contributed by atoms with Gasteiger partial charge in [0.25, 0.3) is 0 Å². The molecule has 1 aromatic rings. The van der Waals surface area contributed by atoms with Crippen LogP contribution >= 0.6 is 0 Å². The van der Waals surface area contributed by atoms with E-state index in [0.29, 0.717) is 6.54 Å². The van der Waals surface area contributed by atoms with Crippen LogP contribution in [0.1, 0.15) is 51.5 Å². The lowest BCUT2D eigenvalue weighted by atomic mass is 9.88. The van der Waals surface area contributed by atoms with Gasteiger partial charge in [-0.05, 0) is 30.5 Å². The van der Waals surface area contributed by atoms with Crippen LogP contribution in [0.15, 0.2) is 24.3 Å². The molecule has 22 heavy (non-hydrogen) atoms. The number of hydrogen-bond donors (Lipinski definition) is 2. The highest BCUT2D eigenvalue weighted by Crippen LogP contribution is 2.23. The number of benzene rings is 1. The molecule has 4 heteroatoms. The van der Waals surface area contributed by atoms with E-state index in [1.165, 1.54) is 19.3 Å². The van der Waals surface area contributed by atoms with Gasteiger partial charge in [-0.15, -0.1) is 0 Å². The molecule has 2 N–H and O–H groups in total. The van der Waals surface area contributed by atoms with E-state index < -0.39 is 0 Å². The van der Waals surface area contributed by atoms with Crippen molar-refractivity contribution in [1.29, 1.82) is 0 Å². The van der Waals surface area contributed by atoms with E-state index in [0.717, 1.165) is 24.1 Å². The number of rotatable bonds is 5. The number of amides is 2. The van der Waals surface area contributed by atoms with Gasteiger partial charge in [-0.3, -0.25) is 9.59 Å². The molecular weight excluding hydrogens is 276 g/mol. The molecule has 1 fully saturated rings. The number of nitrogens with one attached hydrogen (secondary N) is 2. The van der Waals surface area contributed by atoms with E-state index in [-0.39, 0.29) is 23.7 Å². The highest BCUT2D eigenvalue weighted by molar-refractivity contribution is 5.92. The van der Waals surface area contributed by atoms with Crippen molar-refractivity contribution in [2.24, 2.45) is 11.8 Å². The van der Waals surface area contributed by atoms with E-state index in [4.69, 9.17) is 0 Å². The second-order valence-corrected chi connectivity index (χ2v) is 6.39. The van der Waals surface area contributed by atoms with Crippen molar-refractivity contribution in [2.75, 3.05) is 5.32 Å². The summed E-state index contributed by atoms with van der Waals surface area (Å²) in [6.45, 7) is 4.28. The average Bonchev–Trinajstić information content (AvgIpc) is 2.54. The van der Waals surface area contributed by atoms with Crippen LogP contribution in [-0.4, -0.2) is 11.8 Å². The largest absolute Gasteiger partial charge is 0.352 e. The second-order valence-electron chi connectivity index (χ2n) is 6.39. The molecule has 2 amide bonds. The first kappa shape index (κ1) is 16.5. The van der Waals surface area contributed by atoms with E-state index in [9.17, 15) is 9.59 Å². The molecule has 0 aliphatic heterocycles. The maximum absolute atomic E-state index is 12.1. The summed E-state index contributed by atoms with van der Waals surface area (Å²) >= 11 is 0. The SMILES string of the molecule is CC(C)C(=O)Nc1ccc(CNC(=O)C2CCCCC2)cc1. The number of hydrogen-bond acceptors (Lipinski definition) is 2. The molecule has 0 aromatic heterocycles. The standard InChI is InChI=1S/C18H26N2O2/c1-13(2)17(21)20-16-10-8-14(9-11-16)12-19-18(22)15-6-4-3-5-7-15/h8-11,13,15H,3-7,12H2,1-2H3,(H,19,22)(H,20,21). The summed E-state index contributed by atoms with van der Waals surface area (Å²) in [5.41, 5.74) is 1.84. The zero-order valence-electron chi connectivity index (χ0n) is 13.5. The summed E-state index contributed by atoms with van der Waals surface area (Å²) in [6.07, 6.45) is 5.63. The minimum absolute atomic E-state index is 0.0124. The quantitative estimate of drug-likeness (QED) is 0.875. The second kappa shape index (κ2) is 7.97. The van der Waals surface area contributed by atoms with Gasteiger partial charge < -0.3 is 10.6 Å². The Labute approximate surface area is 132 Å². The van der Waals surface area contributed by atoms with Crippen molar-refractivity contribution in [3.8, 4) is 0 Å². The normalized spacial score (nSPS) is 15.6. The molecule has 0 radical (unpaired) electrons. The van der Waals surface area contributed by atoms with Crippen LogP contribution < -0.4 is 10.6 Å². The first-order valence-corrected chi connectivity index (χ1v) is 8.24. The van der Waals surface area contributed by atoms with Gasteiger partial charge in [-0.1, -0.05) is 45.2 Å². The van der Waals surface area contributed by atoms with Gasteiger partial charge >= 0.3 is 0 Å². The minimum Gasteiger partial charge on any atom is -0.352 e. The minimum atomic E-state index is -0.0329. The van der Waals surface area contributed by atoms with Crippen molar-refractivity contribution in [1.82, 2.24) is 5.32 Å². The molecule has 0 heterocycles. The first-order chi connectivity index (χ1) is 10.6. The Balaban J connectivity index is 1.81. The van der Waals surface area contributed by atoms with Crippen LogP contribution in [0.5, 0.6) is 0 Å². The fraction of sp³-hybridized carbons (Fsp3) is 0.556. The fourth-order valence-corrected chi connectivity index (χ4v) is 2.69. The average molecular weight is 302 g/mol. The van der Waals surface area contributed by atoms with Crippen LogP contribution in [0.2, 0.25) is 0 Å². The summed E-state index contributed by atoms with van der Waals surface area (Å²) in [7, 11) is 0. The van der Waals surface area contributed by atoms with Crippen LogP contribution in [0, 0.1) is 11.8 Å². The summed E-state index contributed by atoms with van der Waals surface area (Å²) in [6, 6.07) is 7.64. The van der Waals surface area contributed by atoms with Gasteiger partial charge in [-0.25, -0.2) is 0 Å². The molecule has 0 bridgehead atoms. The van der Waals surface area contributed by atoms with Crippen molar-refractivity contribution in [3.63, 3.8) is 0 Å². The molecule has 0 spiro atoms. The van der Waals surface area contributed by atoms with Gasteiger partial charge in [0.15, 0.2) is 0 Å². The molecular formula is C18H26N2O2. The number of anilines is 1. The third kappa shape index (κ3) is 4.86. The molecule has 1 aliphatic carbocycles. The zero-order chi connectivity index (χ0) is 15.9. The third-order valence-electron chi connectivity index (χ3n) is 4.19. The summed E-state index contributed by atoms with van der Waals surface area (Å²) in [5, 5.41) is 5.88. The molecule has 120 valence electrons. The predicted molar refractivity (Wildman–Crippen MR) is 88.3 cm³/mol. The maximum Gasteiger partial charge on any atom is 0.226 e. The van der Waals surface area contributed by atoms with E-state index in [2.05, 4.69) is 10.6 Å².